The zero-order valence-electron chi connectivity index (χ0n) is 17.1. The quantitative estimate of drug-likeness (QED) is 0.578. The predicted molar refractivity (Wildman–Crippen MR) is 109 cm³/mol. The van der Waals surface area contributed by atoms with Gasteiger partial charge in [-0.2, -0.15) is 18.2 Å². The number of ether oxygens (including phenoxy) is 1. The van der Waals surface area contributed by atoms with Crippen LogP contribution < -0.4 is 4.74 Å². The maximum atomic E-state index is 12.9. The van der Waals surface area contributed by atoms with Crippen LogP contribution in [0.4, 0.5) is 13.2 Å². The number of alkyl halides is 3. The van der Waals surface area contributed by atoms with E-state index in [9.17, 15) is 18.0 Å². The summed E-state index contributed by atoms with van der Waals surface area (Å²) < 4.78 is 49.5. The Hall–Kier alpha value is -3.40. The molecule has 0 spiro atoms. The molecule has 1 fully saturated rings. The van der Waals surface area contributed by atoms with Crippen molar-refractivity contribution in [3.8, 4) is 17.1 Å². The smallest absolute Gasteiger partial charge is 0.416 e. The largest absolute Gasteiger partial charge is 0.484 e. The Bertz CT molecular complexity index is 1050. The third kappa shape index (κ3) is 5.44. The second kappa shape index (κ2) is 9.39. The van der Waals surface area contributed by atoms with Gasteiger partial charge in [-0.05, 0) is 24.3 Å². The number of carbonyl (C=O) groups is 1. The molecule has 2 heterocycles. The Kier molecular flexibility index (Phi) is 6.40. The molecule has 1 aliphatic rings. The number of halogens is 3. The van der Waals surface area contributed by atoms with Gasteiger partial charge in [0.25, 0.3) is 5.91 Å². The number of aromatic nitrogens is 2. The van der Waals surface area contributed by atoms with E-state index in [4.69, 9.17) is 9.26 Å². The number of carbonyl (C=O) groups excluding carboxylic acids is 1. The zero-order chi connectivity index (χ0) is 22.6. The van der Waals surface area contributed by atoms with E-state index in [0.29, 0.717) is 44.4 Å². The summed E-state index contributed by atoms with van der Waals surface area (Å²) in [7, 11) is 0. The summed E-state index contributed by atoms with van der Waals surface area (Å²) in [6, 6.07) is 14.0. The number of piperazine rings is 1. The summed E-state index contributed by atoms with van der Waals surface area (Å²) in [5, 5.41) is 3.81. The van der Waals surface area contributed by atoms with Crippen LogP contribution in [0.1, 0.15) is 11.5 Å². The monoisotopic (exact) mass is 446 g/mol. The fourth-order valence-corrected chi connectivity index (χ4v) is 3.37. The van der Waals surface area contributed by atoms with E-state index in [2.05, 4.69) is 10.1 Å². The summed E-state index contributed by atoms with van der Waals surface area (Å²) >= 11 is 0. The van der Waals surface area contributed by atoms with Gasteiger partial charge in [0.2, 0.25) is 11.7 Å². The van der Waals surface area contributed by atoms with Crippen LogP contribution in [-0.2, 0) is 17.5 Å². The molecule has 7 nitrogen and oxygen atoms in total. The molecule has 1 saturated heterocycles. The first-order valence-corrected chi connectivity index (χ1v) is 10.1. The number of hydrogen-bond donors (Lipinski definition) is 0. The first-order valence-electron chi connectivity index (χ1n) is 10.1. The molecule has 1 amide bonds. The average molecular weight is 446 g/mol. The van der Waals surface area contributed by atoms with Crippen molar-refractivity contribution in [3.63, 3.8) is 0 Å². The van der Waals surface area contributed by atoms with Gasteiger partial charge in [0.1, 0.15) is 5.75 Å². The molecule has 0 atom stereocenters. The molecule has 10 heteroatoms. The van der Waals surface area contributed by atoms with E-state index in [1.54, 1.807) is 17.0 Å². The molecule has 3 aromatic rings. The molecule has 0 bridgehead atoms. The fourth-order valence-electron chi connectivity index (χ4n) is 3.37. The van der Waals surface area contributed by atoms with Gasteiger partial charge in [0.15, 0.2) is 6.61 Å². The molecular weight excluding hydrogens is 425 g/mol. The van der Waals surface area contributed by atoms with Crippen LogP contribution in [0.3, 0.4) is 0 Å². The predicted octanol–water partition coefficient (Wildman–Crippen LogP) is 3.48. The van der Waals surface area contributed by atoms with Crippen molar-refractivity contribution in [2.45, 2.75) is 12.7 Å². The van der Waals surface area contributed by atoms with Gasteiger partial charge in [0, 0.05) is 31.7 Å². The maximum absolute atomic E-state index is 12.9. The summed E-state index contributed by atoms with van der Waals surface area (Å²) in [6.07, 6.45) is -4.44. The van der Waals surface area contributed by atoms with Gasteiger partial charge < -0.3 is 14.2 Å². The second-order valence-corrected chi connectivity index (χ2v) is 7.35. The Morgan fingerprint density at radius 3 is 2.50 bits per heavy atom. The third-order valence-electron chi connectivity index (χ3n) is 5.11. The second-order valence-electron chi connectivity index (χ2n) is 7.35. The lowest BCUT2D eigenvalue weighted by molar-refractivity contribution is -0.137. The van der Waals surface area contributed by atoms with Gasteiger partial charge in [-0.3, -0.25) is 9.69 Å². The molecule has 1 aromatic heterocycles. The van der Waals surface area contributed by atoms with Crippen molar-refractivity contribution in [2.24, 2.45) is 0 Å². The van der Waals surface area contributed by atoms with Gasteiger partial charge in [-0.1, -0.05) is 35.5 Å². The molecule has 0 saturated carbocycles. The highest BCUT2D eigenvalue weighted by molar-refractivity contribution is 5.77. The minimum atomic E-state index is -4.44. The van der Waals surface area contributed by atoms with Crippen LogP contribution in [-0.4, -0.2) is 58.6 Å². The van der Waals surface area contributed by atoms with E-state index in [-0.39, 0.29) is 23.9 Å². The molecule has 0 radical (unpaired) electrons. The molecule has 0 N–H and O–H groups in total. The lowest BCUT2D eigenvalue weighted by Crippen LogP contribution is -2.49. The minimum Gasteiger partial charge on any atom is -0.484 e. The van der Waals surface area contributed by atoms with E-state index in [1.807, 2.05) is 23.1 Å². The van der Waals surface area contributed by atoms with E-state index < -0.39 is 11.7 Å². The van der Waals surface area contributed by atoms with Gasteiger partial charge >= 0.3 is 6.18 Å². The van der Waals surface area contributed by atoms with Crippen molar-refractivity contribution in [1.29, 1.82) is 0 Å². The normalized spacial score (nSPS) is 15.0. The van der Waals surface area contributed by atoms with Crippen LogP contribution in [0, 0.1) is 0 Å². The van der Waals surface area contributed by atoms with Crippen LogP contribution in [0.2, 0.25) is 0 Å². The summed E-state index contributed by atoms with van der Waals surface area (Å²) in [6.45, 7) is 2.62. The minimum absolute atomic E-state index is 0.0198. The first-order chi connectivity index (χ1) is 15.4. The number of benzene rings is 2. The lowest BCUT2D eigenvalue weighted by atomic mass is 10.1. The first kappa shape index (κ1) is 21.8. The van der Waals surface area contributed by atoms with E-state index in [1.165, 1.54) is 12.1 Å². The van der Waals surface area contributed by atoms with Gasteiger partial charge in [0.05, 0.1) is 12.1 Å². The Morgan fingerprint density at radius 1 is 1.03 bits per heavy atom. The molecule has 32 heavy (non-hydrogen) atoms. The van der Waals surface area contributed by atoms with Gasteiger partial charge in [-0.25, -0.2) is 0 Å². The van der Waals surface area contributed by atoms with Crippen molar-refractivity contribution in [2.75, 3.05) is 32.8 Å². The summed E-state index contributed by atoms with van der Waals surface area (Å²) in [4.78, 5) is 20.4. The topological polar surface area (TPSA) is 71.7 Å². The van der Waals surface area contributed by atoms with E-state index in [0.717, 1.165) is 12.1 Å². The number of nitrogens with zero attached hydrogens (tertiary/aromatic N) is 4. The Morgan fingerprint density at radius 2 is 1.78 bits per heavy atom. The lowest BCUT2D eigenvalue weighted by Gasteiger charge is -2.33. The Balaban J connectivity index is 1.28. The Labute approximate surface area is 182 Å². The number of rotatable bonds is 6. The molecule has 1 aliphatic heterocycles. The molecule has 2 aromatic carbocycles. The highest BCUT2D eigenvalue weighted by Crippen LogP contribution is 2.31. The van der Waals surface area contributed by atoms with Crippen molar-refractivity contribution < 1.29 is 27.2 Å². The maximum Gasteiger partial charge on any atom is 0.416 e. The van der Waals surface area contributed by atoms with Crippen LogP contribution in [0.25, 0.3) is 11.4 Å². The average Bonchev–Trinajstić information content (AvgIpc) is 3.27. The van der Waals surface area contributed by atoms with Crippen LogP contribution in [0.5, 0.6) is 5.75 Å². The highest BCUT2D eigenvalue weighted by atomic mass is 19.4. The van der Waals surface area contributed by atoms with Crippen LogP contribution in [0.15, 0.2) is 59.1 Å². The van der Waals surface area contributed by atoms with Gasteiger partial charge in [-0.15, -0.1) is 0 Å². The third-order valence-corrected chi connectivity index (χ3v) is 5.11. The number of amides is 1. The SMILES string of the molecule is O=C(COc1ccccc1)N1CCN(Cc2nc(-c3cccc(C(F)(F)F)c3)no2)CC1. The molecule has 0 aliphatic carbocycles. The number of hydrogen-bond acceptors (Lipinski definition) is 6. The fraction of sp³-hybridized carbons (Fsp3) is 0.318. The standard InChI is InChI=1S/C22H21F3N4O3/c23-22(24,25)17-6-4-5-16(13-17)21-26-19(32-27-21)14-28-9-11-29(12-10-28)20(30)15-31-18-7-2-1-3-8-18/h1-8,13H,9-12,14-15H2. The molecule has 4 rings (SSSR count). The molecular formula is C22H21F3N4O3. The van der Waals surface area contributed by atoms with Crippen molar-refractivity contribution in [1.82, 2.24) is 19.9 Å². The molecule has 0 unspecified atom stereocenters. The summed E-state index contributed by atoms with van der Waals surface area (Å²) in [5.41, 5.74) is -0.526. The van der Waals surface area contributed by atoms with Crippen molar-refractivity contribution >= 4 is 5.91 Å². The van der Waals surface area contributed by atoms with E-state index >= 15 is 0 Å². The zero-order valence-corrected chi connectivity index (χ0v) is 17.1. The number of para-hydroxylation sites is 1. The molecule has 168 valence electrons. The van der Waals surface area contributed by atoms with Crippen molar-refractivity contribution in [3.05, 3.63) is 66.1 Å². The van der Waals surface area contributed by atoms with Crippen LogP contribution >= 0.6 is 0 Å². The highest BCUT2D eigenvalue weighted by Gasteiger charge is 2.31. The summed E-state index contributed by atoms with van der Waals surface area (Å²) in [5.74, 6) is 0.980.